The van der Waals surface area contributed by atoms with Crippen molar-refractivity contribution in [1.82, 2.24) is 15.2 Å². The second-order valence-corrected chi connectivity index (χ2v) is 6.81. The molecule has 0 spiro atoms. The summed E-state index contributed by atoms with van der Waals surface area (Å²) in [6.07, 6.45) is 5.29. The number of aromatic nitrogens is 1. The number of hydrogen-bond donors (Lipinski definition) is 2. The molecule has 2 N–H and O–H groups in total. The van der Waals surface area contributed by atoms with Gasteiger partial charge in [0.25, 0.3) is 5.91 Å². The minimum atomic E-state index is 0.0185. The molecule has 4 nitrogen and oxygen atoms in total. The third-order valence-electron chi connectivity index (χ3n) is 5.27. The van der Waals surface area contributed by atoms with Gasteiger partial charge in [-0.2, -0.15) is 0 Å². The van der Waals surface area contributed by atoms with Crippen LogP contribution in [0.5, 0.6) is 0 Å². The highest BCUT2D eigenvalue weighted by atomic mass is 16.1. The zero-order chi connectivity index (χ0) is 16.4. The van der Waals surface area contributed by atoms with Crippen molar-refractivity contribution in [2.45, 2.75) is 45.6 Å². The molecule has 2 aromatic rings. The van der Waals surface area contributed by atoms with Crippen LogP contribution in [0, 0.1) is 13.8 Å². The van der Waals surface area contributed by atoms with E-state index in [9.17, 15) is 4.79 Å². The number of fused-ring (bicyclic) bond motifs is 1. The minimum absolute atomic E-state index is 0.0185. The summed E-state index contributed by atoms with van der Waals surface area (Å²) in [5.74, 6) is 0.0185. The Morgan fingerprint density at radius 2 is 2.04 bits per heavy atom. The van der Waals surface area contributed by atoms with E-state index in [0.717, 1.165) is 28.7 Å². The molecule has 1 aromatic carbocycles. The van der Waals surface area contributed by atoms with E-state index in [1.807, 2.05) is 18.2 Å². The van der Waals surface area contributed by atoms with Crippen molar-refractivity contribution in [3.8, 4) is 0 Å². The Bertz CT molecular complexity index is 698. The molecule has 0 bridgehead atoms. The lowest BCUT2D eigenvalue weighted by atomic mass is 10.1. The Morgan fingerprint density at radius 1 is 1.30 bits per heavy atom. The molecule has 0 aliphatic heterocycles. The lowest BCUT2D eigenvalue weighted by Gasteiger charge is -2.23. The van der Waals surface area contributed by atoms with Crippen LogP contribution in [0.15, 0.2) is 18.2 Å². The molecule has 1 aliphatic carbocycles. The highest BCUT2D eigenvalue weighted by Gasteiger charge is 2.19. The molecule has 0 radical (unpaired) electrons. The van der Waals surface area contributed by atoms with Crippen LogP contribution in [-0.2, 0) is 0 Å². The summed E-state index contributed by atoms with van der Waals surface area (Å²) in [5.41, 5.74) is 4.21. The van der Waals surface area contributed by atoms with Crippen molar-refractivity contribution in [3.63, 3.8) is 0 Å². The summed E-state index contributed by atoms with van der Waals surface area (Å²) < 4.78 is 0. The van der Waals surface area contributed by atoms with Gasteiger partial charge in [-0.05, 0) is 57.5 Å². The number of aromatic amines is 1. The molecule has 0 saturated heterocycles. The lowest BCUT2D eigenvalue weighted by molar-refractivity contribution is 0.0947. The van der Waals surface area contributed by atoms with Crippen molar-refractivity contribution in [3.05, 3.63) is 35.0 Å². The third-order valence-corrected chi connectivity index (χ3v) is 5.27. The zero-order valence-corrected chi connectivity index (χ0v) is 14.4. The van der Waals surface area contributed by atoms with Gasteiger partial charge in [0.2, 0.25) is 0 Å². The Morgan fingerprint density at radius 3 is 2.78 bits per heavy atom. The second kappa shape index (κ2) is 6.75. The van der Waals surface area contributed by atoms with Crippen LogP contribution < -0.4 is 5.32 Å². The number of nitrogens with one attached hydrogen (secondary N) is 2. The molecule has 1 saturated carbocycles. The van der Waals surface area contributed by atoms with Gasteiger partial charge in [-0.1, -0.05) is 12.8 Å². The maximum absolute atomic E-state index is 12.4. The van der Waals surface area contributed by atoms with E-state index >= 15 is 0 Å². The monoisotopic (exact) mass is 313 g/mol. The molecule has 1 fully saturated rings. The normalized spacial score (nSPS) is 15.7. The topological polar surface area (TPSA) is 48.1 Å². The minimum Gasteiger partial charge on any atom is -0.358 e. The molecular formula is C19H27N3O. The molecule has 3 rings (SSSR count). The maximum Gasteiger partial charge on any atom is 0.251 e. The number of carbonyl (C=O) groups is 1. The molecular weight excluding hydrogens is 286 g/mol. The summed E-state index contributed by atoms with van der Waals surface area (Å²) in [7, 11) is 2.17. The molecule has 1 heterocycles. The fraction of sp³-hybridized carbons (Fsp3) is 0.526. The van der Waals surface area contributed by atoms with Crippen molar-refractivity contribution < 1.29 is 4.79 Å². The number of carbonyl (C=O) groups excluding carboxylic acids is 1. The van der Waals surface area contributed by atoms with E-state index in [1.54, 1.807) is 0 Å². The van der Waals surface area contributed by atoms with Crippen LogP contribution in [0.2, 0.25) is 0 Å². The van der Waals surface area contributed by atoms with E-state index in [2.05, 4.69) is 36.1 Å². The Balaban J connectivity index is 1.58. The third kappa shape index (κ3) is 3.42. The highest BCUT2D eigenvalue weighted by molar-refractivity contribution is 5.99. The zero-order valence-electron chi connectivity index (χ0n) is 14.4. The maximum atomic E-state index is 12.4. The Labute approximate surface area is 138 Å². The van der Waals surface area contributed by atoms with E-state index in [0.29, 0.717) is 12.6 Å². The molecule has 0 unspecified atom stereocenters. The van der Waals surface area contributed by atoms with Crippen molar-refractivity contribution in [2.75, 3.05) is 20.1 Å². The van der Waals surface area contributed by atoms with Crippen LogP contribution in [0.4, 0.5) is 0 Å². The molecule has 4 heteroatoms. The standard InChI is InChI=1S/C19H27N3O/c1-13-14(2)21-18-9-8-15(12-17(13)18)19(23)20-10-11-22(3)16-6-4-5-7-16/h8-9,12,16,21H,4-7,10-11H2,1-3H3,(H,20,23). The predicted octanol–water partition coefficient (Wildman–Crippen LogP) is 3.39. The summed E-state index contributed by atoms with van der Waals surface area (Å²) >= 11 is 0. The van der Waals surface area contributed by atoms with E-state index in [4.69, 9.17) is 0 Å². The van der Waals surface area contributed by atoms with Crippen LogP contribution in [0.3, 0.4) is 0 Å². The number of benzene rings is 1. The van der Waals surface area contributed by atoms with Crippen LogP contribution in [-0.4, -0.2) is 42.0 Å². The average Bonchev–Trinajstić information content (AvgIpc) is 3.16. The van der Waals surface area contributed by atoms with Crippen LogP contribution >= 0.6 is 0 Å². The van der Waals surface area contributed by atoms with Crippen molar-refractivity contribution >= 4 is 16.8 Å². The van der Waals surface area contributed by atoms with Gasteiger partial charge in [0, 0.05) is 41.3 Å². The number of aryl methyl sites for hydroxylation is 2. The number of amides is 1. The van der Waals surface area contributed by atoms with E-state index in [-0.39, 0.29) is 5.91 Å². The smallest absolute Gasteiger partial charge is 0.251 e. The Kier molecular flexibility index (Phi) is 4.71. The number of nitrogens with zero attached hydrogens (tertiary/aromatic N) is 1. The van der Waals surface area contributed by atoms with Gasteiger partial charge in [0.1, 0.15) is 0 Å². The molecule has 0 atom stereocenters. The van der Waals surface area contributed by atoms with Gasteiger partial charge < -0.3 is 15.2 Å². The summed E-state index contributed by atoms with van der Waals surface area (Å²) in [5, 5.41) is 4.19. The Hall–Kier alpha value is -1.81. The van der Waals surface area contributed by atoms with Gasteiger partial charge in [-0.3, -0.25) is 4.79 Å². The van der Waals surface area contributed by atoms with Gasteiger partial charge >= 0.3 is 0 Å². The highest BCUT2D eigenvalue weighted by Crippen LogP contribution is 2.23. The van der Waals surface area contributed by atoms with E-state index in [1.165, 1.54) is 31.2 Å². The van der Waals surface area contributed by atoms with Gasteiger partial charge in [0.15, 0.2) is 0 Å². The summed E-state index contributed by atoms with van der Waals surface area (Å²) in [6, 6.07) is 6.58. The first kappa shape index (κ1) is 16.1. The van der Waals surface area contributed by atoms with Gasteiger partial charge in [-0.15, -0.1) is 0 Å². The van der Waals surface area contributed by atoms with Gasteiger partial charge in [-0.25, -0.2) is 0 Å². The average molecular weight is 313 g/mol. The first-order valence-electron chi connectivity index (χ1n) is 8.63. The summed E-state index contributed by atoms with van der Waals surface area (Å²) in [6.45, 7) is 5.77. The second-order valence-electron chi connectivity index (χ2n) is 6.81. The lowest BCUT2D eigenvalue weighted by Crippen LogP contribution is -2.37. The van der Waals surface area contributed by atoms with Crippen molar-refractivity contribution in [1.29, 1.82) is 0 Å². The first-order valence-corrected chi connectivity index (χ1v) is 8.63. The fourth-order valence-electron chi connectivity index (χ4n) is 3.58. The number of hydrogen-bond acceptors (Lipinski definition) is 2. The van der Waals surface area contributed by atoms with E-state index < -0.39 is 0 Å². The van der Waals surface area contributed by atoms with Gasteiger partial charge in [0.05, 0.1) is 0 Å². The quantitative estimate of drug-likeness (QED) is 0.889. The predicted molar refractivity (Wildman–Crippen MR) is 95.0 cm³/mol. The fourth-order valence-corrected chi connectivity index (χ4v) is 3.58. The first-order chi connectivity index (χ1) is 11.1. The van der Waals surface area contributed by atoms with Crippen molar-refractivity contribution in [2.24, 2.45) is 0 Å². The molecule has 1 amide bonds. The number of rotatable bonds is 5. The largest absolute Gasteiger partial charge is 0.358 e. The molecule has 1 aromatic heterocycles. The number of H-pyrrole nitrogens is 1. The number of likely N-dealkylation sites (N-methyl/N-ethyl adjacent to an activating group) is 1. The SMILES string of the molecule is Cc1[nH]c2ccc(C(=O)NCCN(C)C3CCCC3)cc2c1C. The molecule has 1 aliphatic rings. The molecule has 124 valence electrons. The molecule has 23 heavy (non-hydrogen) atoms. The van der Waals surface area contributed by atoms with Crippen LogP contribution in [0.1, 0.15) is 47.3 Å². The van der Waals surface area contributed by atoms with Crippen LogP contribution in [0.25, 0.3) is 10.9 Å². The summed E-state index contributed by atoms with van der Waals surface area (Å²) in [4.78, 5) is 18.1.